The van der Waals surface area contributed by atoms with E-state index in [9.17, 15) is 4.39 Å². The molecule has 5 rings (SSSR count). The van der Waals surface area contributed by atoms with Crippen molar-refractivity contribution in [3.8, 4) is 17.0 Å². The topological polar surface area (TPSA) is 71.3 Å². The lowest BCUT2D eigenvalue weighted by Crippen LogP contribution is -2.35. The first-order valence-corrected chi connectivity index (χ1v) is 11.9. The summed E-state index contributed by atoms with van der Waals surface area (Å²) >= 11 is 0. The van der Waals surface area contributed by atoms with Crippen LogP contribution in [0.25, 0.3) is 11.3 Å². The monoisotopic (exact) mass is 465 g/mol. The van der Waals surface area contributed by atoms with Gasteiger partial charge in [-0.1, -0.05) is 0 Å². The number of likely N-dealkylation sites (N-methyl/N-ethyl adjacent to an activating group) is 1. The molecule has 0 aliphatic carbocycles. The van der Waals surface area contributed by atoms with Crippen molar-refractivity contribution in [2.45, 2.75) is 32.2 Å². The van der Waals surface area contributed by atoms with Gasteiger partial charge in [0.2, 0.25) is 5.75 Å². The highest BCUT2D eigenvalue weighted by Crippen LogP contribution is 2.38. The smallest absolute Gasteiger partial charge is 0.204 e. The van der Waals surface area contributed by atoms with E-state index < -0.39 is 0 Å². The quantitative estimate of drug-likeness (QED) is 0.597. The Morgan fingerprint density at radius 2 is 2.03 bits per heavy atom. The van der Waals surface area contributed by atoms with Gasteiger partial charge in [-0.25, -0.2) is 19.3 Å². The third-order valence-electron chi connectivity index (χ3n) is 6.63. The van der Waals surface area contributed by atoms with Gasteiger partial charge in [0.05, 0.1) is 12.2 Å². The van der Waals surface area contributed by atoms with E-state index in [-0.39, 0.29) is 5.82 Å². The number of aromatic nitrogens is 4. The number of nitrogens with one attached hydrogen (secondary N) is 1. The number of ether oxygens (including phenoxy) is 1. The van der Waals surface area contributed by atoms with Crippen molar-refractivity contribution in [3.05, 3.63) is 47.9 Å². The number of anilines is 2. The molecule has 1 N–H and O–H groups in total. The highest BCUT2D eigenvalue weighted by Gasteiger charge is 2.29. The minimum atomic E-state index is -0.186. The van der Waals surface area contributed by atoms with Crippen molar-refractivity contribution in [1.29, 1.82) is 0 Å². The van der Waals surface area contributed by atoms with Crippen LogP contribution in [-0.2, 0) is 6.54 Å². The molecule has 2 aliphatic heterocycles. The van der Waals surface area contributed by atoms with E-state index in [1.165, 1.54) is 6.07 Å². The zero-order valence-corrected chi connectivity index (χ0v) is 20.1. The fourth-order valence-corrected chi connectivity index (χ4v) is 4.71. The Balaban J connectivity index is 1.37. The highest BCUT2D eigenvalue weighted by atomic mass is 19.1. The van der Waals surface area contributed by atoms with Gasteiger partial charge >= 0.3 is 0 Å². The lowest BCUT2D eigenvalue weighted by atomic mass is 9.95. The van der Waals surface area contributed by atoms with E-state index in [0.717, 1.165) is 80.0 Å². The van der Waals surface area contributed by atoms with E-state index in [2.05, 4.69) is 49.9 Å². The molecule has 0 saturated carbocycles. The van der Waals surface area contributed by atoms with Gasteiger partial charge in [0.25, 0.3) is 0 Å². The van der Waals surface area contributed by atoms with Crippen molar-refractivity contribution in [3.63, 3.8) is 0 Å². The number of piperidine rings is 1. The summed E-state index contributed by atoms with van der Waals surface area (Å²) in [6.07, 6.45) is 5.69. The molecule has 1 aromatic carbocycles. The average molecular weight is 466 g/mol. The van der Waals surface area contributed by atoms with Crippen LogP contribution in [0.1, 0.15) is 30.1 Å². The van der Waals surface area contributed by atoms with Gasteiger partial charge in [-0.2, -0.15) is 0 Å². The van der Waals surface area contributed by atoms with Crippen LogP contribution in [0.2, 0.25) is 0 Å². The maximum Gasteiger partial charge on any atom is 0.204 e. The van der Waals surface area contributed by atoms with Gasteiger partial charge in [0.15, 0.2) is 11.6 Å². The summed E-state index contributed by atoms with van der Waals surface area (Å²) in [6.45, 7) is 6.74. The van der Waals surface area contributed by atoms with Crippen LogP contribution in [0.5, 0.6) is 5.75 Å². The molecular weight excluding hydrogens is 433 g/mol. The SMILES string of the molecule is Cc1cc(-c2cn(CCN(C)C)c(C3CCN(c4ncnc5c4OCCN5)CC3)n2)ccc1F. The Kier molecular flexibility index (Phi) is 6.36. The van der Waals surface area contributed by atoms with Gasteiger partial charge in [-0.3, -0.25) is 0 Å². The van der Waals surface area contributed by atoms with E-state index in [0.29, 0.717) is 18.1 Å². The number of imidazole rings is 1. The van der Waals surface area contributed by atoms with Crippen LogP contribution in [0.4, 0.5) is 16.0 Å². The molecule has 3 aromatic rings. The number of aryl methyl sites for hydroxylation is 1. The Labute approximate surface area is 199 Å². The maximum absolute atomic E-state index is 13.8. The number of benzene rings is 1. The molecule has 0 amide bonds. The molecule has 0 spiro atoms. The second-order valence-corrected chi connectivity index (χ2v) is 9.36. The summed E-state index contributed by atoms with van der Waals surface area (Å²) in [7, 11) is 4.16. The number of hydrogen-bond acceptors (Lipinski definition) is 7. The normalized spacial score (nSPS) is 16.3. The predicted molar refractivity (Wildman–Crippen MR) is 131 cm³/mol. The minimum Gasteiger partial charge on any atom is -0.485 e. The Morgan fingerprint density at radius 1 is 1.21 bits per heavy atom. The van der Waals surface area contributed by atoms with Crippen molar-refractivity contribution >= 4 is 11.6 Å². The summed E-state index contributed by atoms with van der Waals surface area (Å²) < 4.78 is 22.0. The molecule has 0 bridgehead atoms. The molecule has 1 fully saturated rings. The number of halogens is 1. The standard InChI is InChI=1S/C25H32FN7O/c1-17-14-19(4-5-20(17)26)21-15-33(12-11-31(2)3)24(30-21)18-6-9-32(10-7-18)25-22-23(28-16-29-25)27-8-13-34-22/h4-5,14-16,18H,6-13H2,1-3H3,(H,27,28,29). The third kappa shape index (κ3) is 4.57. The van der Waals surface area contributed by atoms with E-state index >= 15 is 0 Å². The van der Waals surface area contributed by atoms with E-state index in [1.807, 2.05) is 12.1 Å². The van der Waals surface area contributed by atoms with Crippen molar-refractivity contribution < 1.29 is 9.13 Å². The second-order valence-electron chi connectivity index (χ2n) is 9.36. The number of fused-ring (bicyclic) bond motifs is 1. The van der Waals surface area contributed by atoms with Crippen LogP contribution in [0.15, 0.2) is 30.7 Å². The zero-order chi connectivity index (χ0) is 23.7. The van der Waals surface area contributed by atoms with Gasteiger partial charge in [-0.15, -0.1) is 0 Å². The van der Waals surface area contributed by atoms with E-state index in [4.69, 9.17) is 9.72 Å². The zero-order valence-electron chi connectivity index (χ0n) is 20.1. The molecule has 34 heavy (non-hydrogen) atoms. The Bertz CT molecular complexity index is 1150. The number of hydrogen-bond donors (Lipinski definition) is 1. The first-order valence-electron chi connectivity index (χ1n) is 11.9. The Morgan fingerprint density at radius 3 is 2.79 bits per heavy atom. The maximum atomic E-state index is 13.8. The molecule has 0 atom stereocenters. The first kappa shape index (κ1) is 22.6. The van der Waals surface area contributed by atoms with Gasteiger partial charge < -0.3 is 24.4 Å². The number of rotatable bonds is 6. The third-order valence-corrected chi connectivity index (χ3v) is 6.63. The van der Waals surface area contributed by atoms with Crippen molar-refractivity contribution in [2.24, 2.45) is 0 Å². The molecule has 9 heteroatoms. The average Bonchev–Trinajstić information content (AvgIpc) is 3.28. The predicted octanol–water partition coefficient (Wildman–Crippen LogP) is 3.54. The van der Waals surface area contributed by atoms with Gasteiger partial charge in [0, 0.05) is 43.9 Å². The molecule has 2 aliphatic rings. The van der Waals surface area contributed by atoms with Crippen LogP contribution >= 0.6 is 0 Å². The molecular formula is C25H32FN7O. The first-order chi connectivity index (χ1) is 16.5. The molecule has 180 valence electrons. The lowest BCUT2D eigenvalue weighted by Gasteiger charge is -2.34. The molecule has 2 aromatic heterocycles. The highest BCUT2D eigenvalue weighted by molar-refractivity contribution is 5.66. The van der Waals surface area contributed by atoms with Crippen molar-refractivity contribution in [1.82, 2.24) is 24.4 Å². The van der Waals surface area contributed by atoms with Gasteiger partial charge in [0.1, 0.15) is 24.6 Å². The molecule has 0 unspecified atom stereocenters. The molecule has 0 radical (unpaired) electrons. The van der Waals surface area contributed by atoms with Crippen LogP contribution < -0.4 is 15.0 Å². The van der Waals surface area contributed by atoms with Crippen molar-refractivity contribution in [2.75, 3.05) is 57.1 Å². The largest absolute Gasteiger partial charge is 0.485 e. The number of nitrogens with zero attached hydrogens (tertiary/aromatic N) is 6. The fraction of sp³-hybridized carbons (Fsp3) is 0.480. The Hall–Kier alpha value is -3.20. The van der Waals surface area contributed by atoms with Crippen LogP contribution in [0, 0.1) is 12.7 Å². The molecule has 1 saturated heterocycles. The summed E-state index contributed by atoms with van der Waals surface area (Å²) in [5, 5.41) is 3.29. The molecule has 8 nitrogen and oxygen atoms in total. The second kappa shape index (κ2) is 9.58. The summed E-state index contributed by atoms with van der Waals surface area (Å²) in [6, 6.07) is 5.23. The van der Waals surface area contributed by atoms with E-state index in [1.54, 1.807) is 13.3 Å². The van der Waals surface area contributed by atoms with Gasteiger partial charge in [-0.05, 0) is 57.6 Å². The summed E-state index contributed by atoms with van der Waals surface area (Å²) in [5.74, 6) is 3.68. The summed E-state index contributed by atoms with van der Waals surface area (Å²) in [5.41, 5.74) is 2.50. The summed E-state index contributed by atoms with van der Waals surface area (Å²) in [4.78, 5) is 18.4. The van der Waals surface area contributed by atoms with Crippen LogP contribution in [0.3, 0.4) is 0 Å². The van der Waals surface area contributed by atoms with Crippen LogP contribution in [-0.4, -0.2) is 71.3 Å². The fourth-order valence-electron chi connectivity index (χ4n) is 4.71. The lowest BCUT2D eigenvalue weighted by molar-refractivity contribution is 0.318. The molecule has 4 heterocycles. The minimum absolute atomic E-state index is 0.186.